The molecule has 16 heavy (non-hydrogen) atoms. The molecule has 0 aliphatic rings. The van der Waals surface area contributed by atoms with E-state index in [1.165, 1.54) is 0 Å². The third-order valence-electron chi connectivity index (χ3n) is 2.20. The second-order valence-electron chi connectivity index (χ2n) is 3.46. The van der Waals surface area contributed by atoms with Crippen LogP contribution in [0.25, 0.3) is 0 Å². The Morgan fingerprint density at radius 2 is 2.25 bits per heavy atom. The predicted octanol–water partition coefficient (Wildman–Crippen LogP) is 1.95. The van der Waals surface area contributed by atoms with Gasteiger partial charge in [0, 0.05) is 13.2 Å². The molecule has 4 nitrogen and oxygen atoms in total. The van der Waals surface area contributed by atoms with Crippen LogP contribution in [0.15, 0.2) is 47.2 Å². The summed E-state index contributed by atoms with van der Waals surface area (Å²) >= 11 is 0. The van der Waals surface area contributed by atoms with Gasteiger partial charge in [-0.25, -0.2) is 0 Å². The molecule has 0 aliphatic heterocycles. The van der Waals surface area contributed by atoms with E-state index in [4.69, 9.17) is 4.42 Å². The molecule has 0 aliphatic carbocycles. The smallest absolute Gasteiger partial charge is 0.272 e. The first-order chi connectivity index (χ1) is 7.77. The van der Waals surface area contributed by atoms with Crippen molar-refractivity contribution < 1.29 is 9.21 Å². The molecule has 0 fully saturated rings. The first kappa shape index (κ1) is 10.4. The molecule has 0 unspecified atom stereocenters. The number of rotatable bonds is 3. The lowest BCUT2D eigenvalue weighted by atomic mass is 10.3. The molecule has 2 rings (SSSR count). The highest BCUT2D eigenvalue weighted by molar-refractivity contribution is 5.91. The monoisotopic (exact) mass is 216 g/mol. The zero-order valence-electron chi connectivity index (χ0n) is 8.96. The van der Waals surface area contributed by atoms with Crippen LogP contribution in [-0.2, 0) is 6.54 Å². The minimum atomic E-state index is -0.114. The maximum absolute atomic E-state index is 11.9. The Bertz CT molecular complexity index is 451. The lowest BCUT2D eigenvalue weighted by molar-refractivity contribution is 0.0769. The largest absolute Gasteiger partial charge is 0.467 e. The fourth-order valence-corrected chi connectivity index (χ4v) is 1.39. The van der Waals surface area contributed by atoms with Gasteiger partial charge in [-0.15, -0.1) is 0 Å². The second kappa shape index (κ2) is 4.61. The van der Waals surface area contributed by atoms with Crippen molar-refractivity contribution in [3.8, 4) is 0 Å². The SMILES string of the molecule is CN(Cc1ccco1)C(=O)c1ccccn1. The zero-order valence-corrected chi connectivity index (χ0v) is 8.96. The molecule has 82 valence electrons. The molecular weight excluding hydrogens is 204 g/mol. The molecule has 2 aromatic rings. The van der Waals surface area contributed by atoms with Crippen molar-refractivity contribution in [2.24, 2.45) is 0 Å². The number of furan rings is 1. The number of carbonyl (C=O) groups excluding carboxylic acids is 1. The van der Waals surface area contributed by atoms with Crippen LogP contribution >= 0.6 is 0 Å². The summed E-state index contributed by atoms with van der Waals surface area (Å²) in [5.74, 6) is 0.642. The summed E-state index contributed by atoms with van der Waals surface area (Å²) in [4.78, 5) is 17.5. The minimum Gasteiger partial charge on any atom is -0.467 e. The summed E-state index contributed by atoms with van der Waals surface area (Å²) < 4.78 is 5.18. The van der Waals surface area contributed by atoms with Crippen LogP contribution in [0.2, 0.25) is 0 Å². The van der Waals surface area contributed by atoms with E-state index in [1.54, 1.807) is 48.7 Å². The van der Waals surface area contributed by atoms with Crippen LogP contribution in [-0.4, -0.2) is 22.8 Å². The van der Waals surface area contributed by atoms with E-state index in [9.17, 15) is 4.79 Å². The number of aromatic nitrogens is 1. The lowest BCUT2D eigenvalue weighted by Gasteiger charge is -2.14. The quantitative estimate of drug-likeness (QED) is 0.787. The molecule has 0 radical (unpaired) electrons. The predicted molar refractivity (Wildman–Crippen MR) is 58.7 cm³/mol. The Balaban J connectivity index is 2.05. The molecule has 2 aromatic heterocycles. The molecule has 0 spiro atoms. The van der Waals surface area contributed by atoms with Gasteiger partial charge in [0.25, 0.3) is 5.91 Å². The van der Waals surface area contributed by atoms with E-state index in [-0.39, 0.29) is 5.91 Å². The molecular formula is C12H12N2O2. The first-order valence-electron chi connectivity index (χ1n) is 4.96. The van der Waals surface area contributed by atoms with E-state index in [1.807, 2.05) is 6.07 Å². The first-order valence-corrected chi connectivity index (χ1v) is 4.96. The number of amides is 1. The molecule has 0 aromatic carbocycles. The van der Waals surface area contributed by atoms with Crippen molar-refractivity contribution in [1.29, 1.82) is 0 Å². The van der Waals surface area contributed by atoms with Crippen molar-refractivity contribution in [1.82, 2.24) is 9.88 Å². The average Bonchev–Trinajstić information content (AvgIpc) is 2.82. The molecule has 0 saturated heterocycles. The normalized spacial score (nSPS) is 10.1. The highest BCUT2D eigenvalue weighted by Crippen LogP contribution is 2.06. The van der Waals surface area contributed by atoms with Gasteiger partial charge in [-0.2, -0.15) is 0 Å². The van der Waals surface area contributed by atoms with Gasteiger partial charge >= 0.3 is 0 Å². The van der Waals surface area contributed by atoms with Crippen LogP contribution in [0.5, 0.6) is 0 Å². The minimum absolute atomic E-state index is 0.114. The Morgan fingerprint density at radius 1 is 1.38 bits per heavy atom. The molecule has 2 heterocycles. The van der Waals surface area contributed by atoms with Crippen molar-refractivity contribution in [3.63, 3.8) is 0 Å². The van der Waals surface area contributed by atoms with Gasteiger partial charge in [0.05, 0.1) is 12.8 Å². The van der Waals surface area contributed by atoms with Gasteiger partial charge in [0.1, 0.15) is 11.5 Å². The number of carbonyl (C=O) groups is 1. The molecule has 0 N–H and O–H groups in total. The van der Waals surface area contributed by atoms with Crippen LogP contribution < -0.4 is 0 Å². The van der Waals surface area contributed by atoms with Gasteiger partial charge in [0.15, 0.2) is 0 Å². The second-order valence-corrected chi connectivity index (χ2v) is 3.46. The maximum Gasteiger partial charge on any atom is 0.272 e. The summed E-state index contributed by atoms with van der Waals surface area (Å²) in [6, 6.07) is 8.90. The van der Waals surface area contributed by atoms with Crippen molar-refractivity contribution in [2.75, 3.05) is 7.05 Å². The third kappa shape index (κ3) is 2.28. The standard InChI is InChI=1S/C12H12N2O2/c1-14(9-10-5-4-8-16-10)12(15)11-6-2-3-7-13-11/h2-8H,9H2,1H3. The average molecular weight is 216 g/mol. The fourth-order valence-electron chi connectivity index (χ4n) is 1.39. The topological polar surface area (TPSA) is 46.3 Å². The Kier molecular flexibility index (Phi) is 3.00. The number of hydrogen-bond donors (Lipinski definition) is 0. The maximum atomic E-state index is 11.9. The van der Waals surface area contributed by atoms with E-state index >= 15 is 0 Å². The highest BCUT2D eigenvalue weighted by atomic mass is 16.3. The highest BCUT2D eigenvalue weighted by Gasteiger charge is 2.13. The summed E-state index contributed by atoms with van der Waals surface area (Å²) in [6.45, 7) is 0.447. The fraction of sp³-hybridized carbons (Fsp3) is 0.167. The summed E-state index contributed by atoms with van der Waals surface area (Å²) in [5.41, 5.74) is 0.441. The van der Waals surface area contributed by atoms with Crippen LogP contribution in [0, 0.1) is 0 Å². The van der Waals surface area contributed by atoms with Crippen LogP contribution in [0.4, 0.5) is 0 Å². The number of hydrogen-bond acceptors (Lipinski definition) is 3. The third-order valence-corrected chi connectivity index (χ3v) is 2.20. The molecule has 0 saturated carbocycles. The van der Waals surface area contributed by atoms with E-state index in [2.05, 4.69) is 4.98 Å². The van der Waals surface area contributed by atoms with Crippen LogP contribution in [0.1, 0.15) is 16.2 Å². The summed E-state index contributed by atoms with van der Waals surface area (Å²) in [5, 5.41) is 0. The summed E-state index contributed by atoms with van der Waals surface area (Å²) in [7, 11) is 1.72. The van der Waals surface area contributed by atoms with E-state index in [0.717, 1.165) is 5.76 Å². The summed E-state index contributed by atoms with van der Waals surface area (Å²) in [6.07, 6.45) is 3.20. The lowest BCUT2D eigenvalue weighted by Crippen LogP contribution is -2.26. The van der Waals surface area contributed by atoms with E-state index in [0.29, 0.717) is 12.2 Å². The molecule has 0 bridgehead atoms. The van der Waals surface area contributed by atoms with Crippen molar-refractivity contribution in [3.05, 3.63) is 54.2 Å². The number of nitrogens with zero attached hydrogens (tertiary/aromatic N) is 2. The van der Waals surface area contributed by atoms with E-state index < -0.39 is 0 Å². The zero-order chi connectivity index (χ0) is 11.4. The van der Waals surface area contributed by atoms with Crippen LogP contribution in [0.3, 0.4) is 0 Å². The van der Waals surface area contributed by atoms with Gasteiger partial charge in [-0.3, -0.25) is 9.78 Å². The molecule has 1 amide bonds. The Morgan fingerprint density at radius 3 is 2.88 bits per heavy atom. The van der Waals surface area contributed by atoms with Gasteiger partial charge in [0.2, 0.25) is 0 Å². The van der Waals surface area contributed by atoms with Crippen molar-refractivity contribution in [2.45, 2.75) is 6.54 Å². The Labute approximate surface area is 93.5 Å². The van der Waals surface area contributed by atoms with Gasteiger partial charge < -0.3 is 9.32 Å². The molecule has 0 atom stereocenters. The van der Waals surface area contributed by atoms with Gasteiger partial charge in [-0.1, -0.05) is 6.07 Å². The Hall–Kier alpha value is -2.10. The van der Waals surface area contributed by atoms with Gasteiger partial charge in [-0.05, 0) is 24.3 Å². The number of pyridine rings is 1. The van der Waals surface area contributed by atoms with Crippen molar-refractivity contribution >= 4 is 5.91 Å². The molecule has 4 heteroatoms.